The minimum Gasteiger partial charge on any atom is -0.466 e. The summed E-state index contributed by atoms with van der Waals surface area (Å²) in [6.07, 6.45) is 4.87. The van der Waals surface area contributed by atoms with Crippen LogP contribution in [0.5, 0.6) is 0 Å². The number of nitrogens with zero attached hydrogens (tertiary/aromatic N) is 6. The Hall–Kier alpha value is -4.85. The van der Waals surface area contributed by atoms with Crippen LogP contribution in [0.4, 0.5) is 20.3 Å². The summed E-state index contributed by atoms with van der Waals surface area (Å²) in [6.45, 7) is 8.05. The van der Waals surface area contributed by atoms with Crippen molar-refractivity contribution in [3.63, 3.8) is 0 Å². The van der Waals surface area contributed by atoms with E-state index in [1.165, 1.54) is 19.2 Å². The van der Waals surface area contributed by atoms with Crippen LogP contribution in [0.15, 0.2) is 48.8 Å². The summed E-state index contributed by atoms with van der Waals surface area (Å²) in [5.74, 6) is -0.473. The van der Waals surface area contributed by atoms with Gasteiger partial charge in [0, 0.05) is 18.3 Å². The molecule has 1 N–H and O–H groups in total. The molecule has 37 heavy (non-hydrogen) atoms. The predicted octanol–water partition coefficient (Wildman–Crippen LogP) is 5.23. The molecule has 0 aliphatic carbocycles. The molecule has 11 heteroatoms. The van der Waals surface area contributed by atoms with Gasteiger partial charge in [-0.2, -0.15) is 5.10 Å². The van der Waals surface area contributed by atoms with Gasteiger partial charge >= 0.3 is 5.97 Å². The molecule has 4 heterocycles. The van der Waals surface area contributed by atoms with Crippen molar-refractivity contribution in [3.8, 4) is 11.4 Å². The van der Waals surface area contributed by atoms with E-state index in [0.29, 0.717) is 52.4 Å². The number of esters is 1. The molecule has 0 bridgehead atoms. The number of imidazole rings is 1. The van der Waals surface area contributed by atoms with Crippen LogP contribution in [0.25, 0.3) is 32.9 Å². The maximum Gasteiger partial charge on any atom is 0.327 e. The molecule has 9 nitrogen and oxygen atoms in total. The molecular formula is C26H19F2N7O2. The zero-order valence-corrected chi connectivity index (χ0v) is 19.6. The standard InChI is InChI=1S/C26H19F2N7O2/c1-29-19-12-21-20(11-16(19)26(36)37-2)31-24(32-21)17-13-30-35-9-7-23(33-25(17)35)34-8-3-4-22(34)15-10-14(27)5-6-18(15)28/h5-7,9-13,22H,3-4,8H2,2H3,(H,31,32)/t22-/m1/s1. The van der Waals surface area contributed by atoms with Crippen LogP contribution in [0, 0.1) is 18.2 Å². The lowest BCUT2D eigenvalue weighted by atomic mass is 10.0. The fourth-order valence-electron chi connectivity index (χ4n) is 4.86. The third-order valence-corrected chi connectivity index (χ3v) is 6.60. The lowest BCUT2D eigenvalue weighted by molar-refractivity contribution is 0.0602. The van der Waals surface area contributed by atoms with Crippen molar-refractivity contribution in [3.05, 3.63) is 83.0 Å². The van der Waals surface area contributed by atoms with Crippen molar-refractivity contribution >= 4 is 34.2 Å². The molecule has 3 aromatic heterocycles. The van der Waals surface area contributed by atoms with Gasteiger partial charge in [-0.25, -0.2) is 32.9 Å². The molecular weight excluding hydrogens is 480 g/mol. The van der Waals surface area contributed by atoms with Crippen LogP contribution in [-0.4, -0.2) is 44.2 Å². The summed E-state index contributed by atoms with van der Waals surface area (Å²) in [4.78, 5) is 30.1. The first-order valence-electron chi connectivity index (χ1n) is 11.5. The SMILES string of the molecule is [C-]#[N+]c1cc2[nH]c(-c3cnn4ccc(N5CCC[C@@H]5c5cc(F)ccc5F)nc34)nc2cc1C(=O)OC. The van der Waals surface area contributed by atoms with Crippen LogP contribution in [0.1, 0.15) is 34.8 Å². The number of aromatic amines is 1. The van der Waals surface area contributed by atoms with Gasteiger partial charge in [0.25, 0.3) is 0 Å². The smallest absolute Gasteiger partial charge is 0.327 e. The fraction of sp³-hybridized carbons (Fsp3) is 0.192. The van der Waals surface area contributed by atoms with Gasteiger partial charge in [0.15, 0.2) is 5.65 Å². The van der Waals surface area contributed by atoms with Crippen LogP contribution in [0.3, 0.4) is 0 Å². The first-order valence-corrected chi connectivity index (χ1v) is 11.5. The van der Waals surface area contributed by atoms with Crippen molar-refractivity contribution in [2.45, 2.75) is 18.9 Å². The lowest BCUT2D eigenvalue weighted by Gasteiger charge is -2.26. The Kier molecular flexibility index (Phi) is 5.30. The van der Waals surface area contributed by atoms with Crippen LogP contribution >= 0.6 is 0 Å². The van der Waals surface area contributed by atoms with Gasteiger partial charge in [-0.1, -0.05) is 0 Å². The Bertz CT molecular complexity index is 1740. The van der Waals surface area contributed by atoms with Crippen molar-refractivity contribution in [2.75, 3.05) is 18.6 Å². The van der Waals surface area contributed by atoms with E-state index in [0.717, 1.165) is 18.6 Å². The number of anilines is 1. The second-order valence-corrected chi connectivity index (χ2v) is 8.70. The summed E-state index contributed by atoms with van der Waals surface area (Å²) in [5.41, 5.74) is 2.77. The normalized spacial score (nSPS) is 15.4. The van der Waals surface area contributed by atoms with E-state index < -0.39 is 17.6 Å². The highest BCUT2D eigenvalue weighted by Crippen LogP contribution is 2.37. The van der Waals surface area contributed by atoms with E-state index in [1.54, 1.807) is 29.0 Å². The average Bonchev–Trinajstić information content (AvgIpc) is 3.65. The number of carbonyl (C=O) groups is 1. The fourth-order valence-corrected chi connectivity index (χ4v) is 4.86. The highest BCUT2D eigenvalue weighted by atomic mass is 19.1. The number of halogens is 2. The molecule has 1 saturated heterocycles. The molecule has 0 spiro atoms. The molecule has 1 fully saturated rings. The minimum atomic E-state index is -0.616. The van der Waals surface area contributed by atoms with Gasteiger partial charge in [0.05, 0.1) is 48.1 Å². The highest BCUT2D eigenvalue weighted by molar-refractivity contribution is 6.01. The van der Waals surface area contributed by atoms with E-state index in [-0.39, 0.29) is 17.3 Å². The lowest BCUT2D eigenvalue weighted by Crippen LogP contribution is -2.24. The van der Waals surface area contributed by atoms with Gasteiger partial charge in [0.1, 0.15) is 23.3 Å². The van der Waals surface area contributed by atoms with Crippen LogP contribution in [-0.2, 0) is 4.74 Å². The molecule has 1 aliphatic heterocycles. The predicted molar refractivity (Wildman–Crippen MR) is 131 cm³/mol. The first kappa shape index (κ1) is 22.6. The average molecular weight is 499 g/mol. The Morgan fingerprint density at radius 2 is 2.08 bits per heavy atom. The molecule has 1 aliphatic rings. The number of ether oxygens (including phenoxy) is 1. The second kappa shape index (κ2) is 8.67. The molecule has 0 unspecified atom stereocenters. The summed E-state index contributed by atoms with van der Waals surface area (Å²) in [6, 6.07) is 8.03. The molecule has 6 rings (SSSR count). The summed E-state index contributed by atoms with van der Waals surface area (Å²) >= 11 is 0. The van der Waals surface area contributed by atoms with E-state index in [2.05, 4.69) is 19.9 Å². The number of methoxy groups -OCH3 is 1. The van der Waals surface area contributed by atoms with Crippen molar-refractivity contribution in [2.24, 2.45) is 0 Å². The van der Waals surface area contributed by atoms with Gasteiger partial charge in [-0.3, -0.25) is 0 Å². The zero-order valence-electron chi connectivity index (χ0n) is 19.6. The van der Waals surface area contributed by atoms with Crippen molar-refractivity contribution in [1.29, 1.82) is 0 Å². The summed E-state index contributed by atoms with van der Waals surface area (Å²) in [7, 11) is 1.26. The number of rotatable bonds is 4. The first-order chi connectivity index (χ1) is 18.0. The number of aromatic nitrogens is 5. The summed E-state index contributed by atoms with van der Waals surface area (Å²) in [5, 5.41) is 4.37. The van der Waals surface area contributed by atoms with E-state index in [1.807, 2.05) is 4.90 Å². The van der Waals surface area contributed by atoms with Crippen molar-refractivity contribution < 1.29 is 18.3 Å². The molecule has 184 valence electrons. The van der Waals surface area contributed by atoms with Crippen LogP contribution in [0.2, 0.25) is 0 Å². The molecule has 0 saturated carbocycles. The Morgan fingerprint density at radius 3 is 2.89 bits per heavy atom. The van der Waals surface area contributed by atoms with Gasteiger partial charge < -0.3 is 14.6 Å². The van der Waals surface area contributed by atoms with Gasteiger partial charge in [-0.05, 0) is 49.2 Å². The molecule has 5 aromatic rings. The van der Waals surface area contributed by atoms with Crippen molar-refractivity contribution in [1.82, 2.24) is 24.6 Å². The quantitative estimate of drug-likeness (QED) is 0.269. The molecule has 2 aromatic carbocycles. The van der Waals surface area contributed by atoms with Gasteiger partial charge in [0.2, 0.25) is 5.69 Å². The Labute approximate surface area is 209 Å². The summed E-state index contributed by atoms with van der Waals surface area (Å²) < 4.78 is 34.9. The van der Waals surface area contributed by atoms with E-state index in [4.69, 9.17) is 16.3 Å². The Balaban J connectivity index is 1.42. The number of fused-ring (bicyclic) bond motifs is 2. The monoisotopic (exact) mass is 499 g/mol. The maximum absolute atomic E-state index is 14.6. The molecule has 0 amide bonds. The highest BCUT2D eigenvalue weighted by Gasteiger charge is 2.30. The van der Waals surface area contributed by atoms with E-state index >= 15 is 0 Å². The third kappa shape index (κ3) is 3.74. The van der Waals surface area contributed by atoms with E-state index in [9.17, 15) is 13.6 Å². The largest absolute Gasteiger partial charge is 0.466 e. The number of hydrogen-bond acceptors (Lipinski definition) is 6. The van der Waals surface area contributed by atoms with Crippen LogP contribution < -0.4 is 4.90 Å². The van der Waals surface area contributed by atoms with Gasteiger partial charge in [-0.15, -0.1) is 0 Å². The number of hydrogen-bond donors (Lipinski definition) is 1. The molecule has 0 radical (unpaired) electrons. The minimum absolute atomic E-state index is 0.132. The number of H-pyrrole nitrogens is 1. The maximum atomic E-state index is 14.6. The number of benzene rings is 2. The molecule has 1 atom stereocenters. The number of nitrogens with one attached hydrogen (secondary N) is 1. The number of carbonyl (C=O) groups excluding carboxylic acids is 1. The topological polar surface area (TPSA) is 92.8 Å². The Morgan fingerprint density at radius 1 is 1.22 bits per heavy atom. The second-order valence-electron chi connectivity index (χ2n) is 8.70. The third-order valence-electron chi connectivity index (χ3n) is 6.60. The zero-order chi connectivity index (χ0) is 25.7.